The summed E-state index contributed by atoms with van der Waals surface area (Å²) in [5, 5.41) is 0. The molecule has 0 amide bonds. The molecule has 0 aliphatic heterocycles. The summed E-state index contributed by atoms with van der Waals surface area (Å²) in [6.45, 7) is 3.42. The molecule has 0 spiro atoms. The van der Waals surface area contributed by atoms with Gasteiger partial charge in [-0.25, -0.2) is 0 Å². The zero-order valence-corrected chi connectivity index (χ0v) is 8.02. The molecule has 0 radical (unpaired) electrons. The Morgan fingerprint density at radius 2 is 1.86 bits per heavy atom. The summed E-state index contributed by atoms with van der Waals surface area (Å²) >= 11 is 0. The van der Waals surface area contributed by atoms with E-state index in [1.165, 1.54) is 6.07 Å². The molecule has 0 bridgehead atoms. The minimum atomic E-state index is -4.29. The Labute approximate surface area is 80.7 Å². The van der Waals surface area contributed by atoms with Gasteiger partial charge in [0.1, 0.15) is 0 Å². The second-order valence-corrected chi connectivity index (χ2v) is 3.36. The molecule has 0 aromatic heterocycles. The van der Waals surface area contributed by atoms with Crippen molar-refractivity contribution in [3.63, 3.8) is 0 Å². The molecule has 0 saturated heterocycles. The molecule has 4 heteroatoms. The number of hydrogen-bond donors (Lipinski definition) is 1. The Balaban J connectivity index is 3.20. The molecular weight excluding hydrogens is 191 g/mol. The number of alkyl halides is 3. The van der Waals surface area contributed by atoms with Crippen LogP contribution in [0, 0.1) is 6.92 Å². The van der Waals surface area contributed by atoms with Crippen LogP contribution in [0.5, 0.6) is 0 Å². The lowest BCUT2D eigenvalue weighted by Crippen LogP contribution is -2.11. The average molecular weight is 203 g/mol. The van der Waals surface area contributed by atoms with E-state index in [-0.39, 0.29) is 6.04 Å². The smallest absolute Gasteiger partial charge is 0.324 e. The van der Waals surface area contributed by atoms with E-state index in [1.54, 1.807) is 13.8 Å². The predicted octanol–water partition coefficient (Wildman–Crippen LogP) is 3.03. The Morgan fingerprint density at radius 3 is 2.29 bits per heavy atom. The molecule has 0 unspecified atom stereocenters. The van der Waals surface area contributed by atoms with Crippen LogP contribution in [0.3, 0.4) is 0 Å². The third kappa shape index (κ3) is 2.26. The van der Waals surface area contributed by atoms with Gasteiger partial charge in [-0.2, -0.15) is 13.2 Å². The lowest BCUT2D eigenvalue weighted by Gasteiger charge is -2.13. The highest BCUT2D eigenvalue weighted by Crippen LogP contribution is 2.31. The van der Waals surface area contributed by atoms with Gasteiger partial charge < -0.3 is 5.73 Å². The first-order chi connectivity index (χ1) is 6.32. The molecule has 1 atom stereocenters. The van der Waals surface area contributed by atoms with Crippen LogP contribution in [0.25, 0.3) is 0 Å². The number of benzene rings is 1. The third-order valence-corrected chi connectivity index (χ3v) is 2.10. The van der Waals surface area contributed by atoms with E-state index >= 15 is 0 Å². The summed E-state index contributed by atoms with van der Waals surface area (Å²) in [4.78, 5) is 0. The van der Waals surface area contributed by atoms with Gasteiger partial charge in [-0.1, -0.05) is 6.07 Å². The summed E-state index contributed by atoms with van der Waals surface area (Å²) in [5.41, 5.74) is 6.24. The van der Waals surface area contributed by atoms with Gasteiger partial charge in [-0.3, -0.25) is 0 Å². The van der Waals surface area contributed by atoms with Crippen molar-refractivity contribution in [3.05, 3.63) is 34.9 Å². The second kappa shape index (κ2) is 3.61. The van der Waals surface area contributed by atoms with Gasteiger partial charge in [-0.05, 0) is 37.1 Å². The van der Waals surface area contributed by atoms with E-state index in [1.807, 2.05) is 0 Å². The van der Waals surface area contributed by atoms with Crippen molar-refractivity contribution in [2.24, 2.45) is 5.73 Å². The van der Waals surface area contributed by atoms with Crippen molar-refractivity contribution in [2.75, 3.05) is 0 Å². The van der Waals surface area contributed by atoms with Crippen LogP contribution in [0.2, 0.25) is 0 Å². The van der Waals surface area contributed by atoms with E-state index in [0.29, 0.717) is 5.56 Å². The van der Waals surface area contributed by atoms with Crippen LogP contribution in [-0.2, 0) is 6.18 Å². The quantitative estimate of drug-likeness (QED) is 0.745. The Hall–Kier alpha value is -1.03. The largest absolute Gasteiger partial charge is 0.416 e. The third-order valence-electron chi connectivity index (χ3n) is 2.10. The first kappa shape index (κ1) is 11.0. The van der Waals surface area contributed by atoms with Gasteiger partial charge in [0.25, 0.3) is 0 Å². The van der Waals surface area contributed by atoms with Crippen LogP contribution in [0.15, 0.2) is 18.2 Å². The van der Waals surface area contributed by atoms with E-state index in [2.05, 4.69) is 0 Å². The maximum Gasteiger partial charge on any atom is 0.416 e. The normalized spacial score (nSPS) is 14.1. The molecule has 0 heterocycles. The molecule has 1 aromatic carbocycles. The van der Waals surface area contributed by atoms with Gasteiger partial charge in [-0.15, -0.1) is 0 Å². The minimum absolute atomic E-state index is 0.378. The van der Waals surface area contributed by atoms with Gasteiger partial charge in [0.05, 0.1) is 5.56 Å². The van der Waals surface area contributed by atoms with Crippen molar-refractivity contribution < 1.29 is 13.2 Å². The fraction of sp³-hybridized carbons (Fsp3) is 0.400. The predicted molar refractivity (Wildman–Crippen MR) is 48.8 cm³/mol. The summed E-state index contributed by atoms with van der Waals surface area (Å²) in [7, 11) is 0. The summed E-state index contributed by atoms with van der Waals surface area (Å²) in [6.07, 6.45) is -4.29. The Kier molecular flexibility index (Phi) is 2.85. The van der Waals surface area contributed by atoms with Gasteiger partial charge in [0.2, 0.25) is 0 Å². The highest BCUT2D eigenvalue weighted by atomic mass is 19.4. The highest BCUT2D eigenvalue weighted by Gasteiger charge is 2.30. The SMILES string of the molecule is Cc1ccc(C(F)(F)F)cc1[C@H](C)N. The summed E-state index contributed by atoms with van der Waals surface area (Å²) in [6, 6.07) is 3.25. The van der Waals surface area contributed by atoms with Crippen LogP contribution in [0.4, 0.5) is 13.2 Å². The van der Waals surface area contributed by atoms with Gasteiger partial charge >= 0.3 is 6.18 Å². The number of nitrogens with two attached hydrogens (primary N) is 1. The fourth-order valence-corrected chi connectivity index (χ4v) is 1.31. The monoisotopic (exact) mass is 203 g/mol. The molecule has 78 valence electrons. The topological polar surface area (TPSA) is 26.0 Å². The molecule has 1 rings (SSSR count). The van der Waals surface area contributed by atoms with E-state index < -0.39 is 11.7 Å². The minimum Gasteiger partial charge on any atom is -0.324 e. The van der Waals surface area contributed by atoms with Gasteiger partial charge in [0, 0.05) is 6.04 Å². The maximum atomic E-state index is 12.3. The Bertz CT molecular complexity index is 329. The van der Waals surface area contributed by atoms with Crippen molar-refractivity contribution in [1.82, 2.24) is 0 Å². The van der Waals surface area contributed by atoms with E-state index in [4.69, 9.17) is 5.73 Å². The van der Waals surface area contributed by atoms with Crippen molar-refractivity contribution in [3.8, 4) is 0 Å². The first-order valence-corrected chi connectivity index (χ1v) is 4.25. The van der Waals surface area contributed by atoms with Crippen molar-refractivity contribution >= 4 is 0 Å². The standard InChI is InChI=1S/C10H12F3N/c1-6-3-4-8(10(11,12)13)5-9(6)7(2)14/h3-5,7H,14H2,1-2H3/t7-/m0/s1. The fourth-order valence-electron chi connectivity index (χ4n) is 1.31. The zero-order valence-electron chi connectivity index (χ0n) is 8.02. The average Bonchev–Trinajstić information content (AvgIpc) is 2.02. The molecule has 1 nitrogen and oxygen atoms in total. The van der Waals surface area contributed by atoms with Gasteiger partial charge in [0.15, 0.2) is 0 Å². The number of rotatable bonds is 1. The van der Waals surface area contributed by atoms with Crippen LogP contribution in [0.1, 0.15) is 29.7 Å². The van der Waals surface area contributed by atoms with E-state index in [9.17, 15) is 13.2 Å². The van der Waals surface area contributed by atoms with Crippen LogP contribution >= 0.6 is 0 Å². The molecule has 14 heavy (non-hydrogen) atoms. The second-order valence-electron chi connectivity index (χ2n) is 3.36. The van der Waals surface area contributed by atoms with E-state index in [0.717, 1.165) is 17.7 Å². The maximum absolute atomic E-state index is 12.3. The lowest BCUT2D eigenvalue weighted by molar-refractivity contribution is -0.137. The molecular formula is C10H12F3N. The molecule has 2 N–H and O–H groups in total. The lowest BCUT2D eigenvalue weighted by atomic mass is 10.00. The van der Waals surface area contributed by atoms with Crippen LogP contribution < -0.4 is 5.73 Å². The Morgan fingerprint density at radius 1 is 1.29 bits per heavy atom. The van der Waals surface area contributed by atoms with Crippen molar-refractivity contribution in [1.29, 1.82) is 0 Å². The molecule has 0 aliphatic rings. The van der Waals surface area contributed by atoms with Crippen molar-refractivity contribution in [2.45, 2.75) is 26.1 Å². The molecule has 0 aliphatic carbocycles. The summed E-state index contributed by atoms with van der Waals surface area (Å²) < 4.78 is 37.0. The highest BCUT2D eigenvalue weighted by molar-refractivity contribution is 5.34. The first-order valence-electron chi connectivity index (χ1n) is 4.25. The summed E-state index contributed by atoms with van der Waals surface area (Å²) in [5.74, 6) is 0. The molecule has 1 aromatic rings. The molecule has 0 saturated carbocycles. The number of hydrogen-bond acceptors (Lipinski definition) is 1. The molecule has 0 fully saturated rings. The zero-order chi connectivity index (χ0) is 10.9. The number of halogens is 3. The number of aryl methyl sites for hydroxylation is 1. The van der Waals surface area contributed by atoms with Crippen LogP contribution in [-0.4, -0.2) is 0 Å².